The van der Waals surface area contributed by atoms with Gasteiger partial charge in [-0.15, -0.1) is 11.3 Å². The van der Waals surface area contributed by atoms with Crippen LogP contribution in [0.1, 0.15) is 11.9 Å². The van der Waals surface area contributed by atoms with Gasteiger partial charge in [-0.3, -0.25) is 0 Å². The number of nitriles is 1. The van der Waals surface area contributed by atoms with Crippen molar-refractivity contribution in [3.05, 3.63) is 16.6 Å². The number of thiazole rings is 1. The lowest BCUT2D eigenvalue weighted by atomic mass is 10.5. The third-order valence-electron chi connectivity index (χ3n) is 1.77. The van der Waals surface area contributed by atoms with E-state index in [0.717, 1.165) is 5.01 Å². The second-order valence-electron chi connectivity index (χ2n) is 2.89. The summed E-state index contributed by atoms with van der Waals surface area (Å²) in [6.07, 6.45) is 2.22. The molecule has 0 radical (unpaired) electrons. The van der Waals surface area contributed by atoms with Gasteiger partial charge in [0, 0.05) is 24.5 Å². The van der Waals surface area contributed by atoms with Crippen LogP contribution in [0.15, 0.2) is 11.6 Å². The van der Waals surface area contributed by atoms with Gasteiger partial charge in [0.2, 0.25) is 10.0 Å². The Morgan fingerprint density at radius 3 is 3.00 bits per heavy atom. The van der Waals surface area contributed by atoms with Crippen molar-refractivity contribution in [3.8, 4) is 6.07 Å². The molecule has 0 fully saturated rings. The Kier molecular flexibility index (Phi) is 4.20. The Morgan fingerprint density at radius 2 is 2.47 bits per heavy atom. The summed E-state index contributed by atoms with van der Waals surface area (Å²) >= 11 is 1.48. The van der Waals surface area contributed by atoms with Gasteiger partial charge in [0.15, 0.2) is 5.25 Å². The first-order valence-electron chi connectivity index (χ1n) is 4.32. The summed E-state index contributed by atoms with van der Waals surface area (Å²) < 4.78 is 25.0. The van der Waals surface area contributed by atoms with Crippen LogP contribution in [-0.4, -0.2) is 25.2 Å². The van der Waals surface area contributed by atoms with Gasteiger partial charge in [-0.1, -0.05) is 0 Å². The molecule has 1 rings (SSSR count). The molecule has 0 bridgehead atoms. The van der Waals surface area contributed by atoms with Crippen molar-refractivity contribution in [2.75, 3.05) is 6.54 Å². The van der Waals surface area contributed by atoms with Crippen molar-refractivity contribution in [1.82, 2.24) is 9.71 Å². The van der Waals surface area contributed by atoms with Crippen LogP contribution in [-0.2, 0) is 16.4 Å². The molecule has 0 aliphatic heterocycles. The molecule has 0 aromatic carbocycles. The zero-order valence-corrected chi connectivity index (χ0v) is 9.81. The van der Waals surface area contributed by atoms with Gasteiger partial charge in [0.25, 0.3) is 0 Å². The van der Waals surface area contributed by atoms with Gasteiger partial charge in [-0.05, 0) is 6.92 Å². The van der Waals surface area contributed by atoms with Crippen LogP contribution in [0.4, 0.5) is 0 Å². The number of hydrogen-bond acceptors (Lipinski definition) is 5. The van der Waals surface area contributed by atoms with Gasteiger partial charge in [0.05, 0.1) is 11.1 Å². The highest BCUT2D eigenvalue weighted by Gasteiger charge is 2.18. The second-order valence-corrected chi connectivity index (χ2v) is 5.95. The van der Waals surface area contributed by atoms with Crippen molar-refractivity contribution in [2.45, 2.75) is 18.6 Å². The van der Waals surface area contributed by atoms with Crippen molar-refractivity contribution < 1.29 is 8.42 Å². The molecular formula is C8H11N3O2S2. The van der Waals surface area contributed by atoms with E-state index >= 15 is 0 Å². The fraction of sp³-hybridized carbons (Fsp3) is 0.500. The van der Waals surface area contributed by atoms with Crippen molar-refractivity contribution >= 4 is 21.4 Å². The molecule has 0 spiro atoms. The minimum Gasteiger partial charge on any atom is -0.250 e. The van der Waals surface area contributed by atoms with Crippen molar-refractivity contribution in [1.29, 1.82) is 5.26 Å². The highest BCUT2D eigenvalue weighted by molar-refractivity contribution is 7.90. The zero-order valence-electron chi connectivity index (χ0n) is 8.17. The molecule has 15 heavy (non-hydrogen) atoms. The summed E-state index contributed by atoms with van der Waals surface area (Å²) in [5.41, 5.74) is 0. The third kappa shape index (κ3) is 3.58. The Morgan fingerprint density at radius 1 is 1.73 bits per heavy atom. The second kappa shape index (κ2) is 5.21. The van der Waals surface area contributed by atoms with Gasteiger partial charge >= 0.3 is 0 Å². The van der Waals surface area contributed by atoms with E-state index in [0.29, 0.717) is 6.42 Å². The minimum absolute atomic E-state index is 0.280. The first kappa shape index (κ1) is 12.1. The van der Waals surface area contributed by atoms with E-state index < -0.39 is 15.3 Å². The summed E-state index contributed by atoms with van der Waals surface area (Å²) in [5, 5.41) is 10.2. The van der Waals surface area contributed by atoms with Crippen LogP contribution in [0, 0.1) is 11.3 Å². The molecule has 1 aromatic heterocycles. The number of rotatable bonds is 5. The lowest BCUT2D eigenvalue weighted by Crippen LogP contribution is -2.33. The smallest absolute Gasteiger partial charge is 0.227 e. The number of hydrogen-bond donors (Lipinski definition) is 1. The molecule has 82 valence electrons. The van der Waals surface area contributed by atoms with Crippen molar-refractivity contribution in [2.24, 2.45) is 0 Å². The average molecular weight is 245 g/mol. The Balaban J connectivity index is 2.42. The first-order chi connectivity index (χ1) is 7.06. The predicted molar refractivity (Wildman–Crippen MR) is 57.8 cm³/mol. The number of sulfonamides is 1. The predicted octanol–water partition coefficient (Wildman–Crippen LogP) is 0.517. The van der Waals surface area contributed by atoms with E-state index in [9.17, 15) is 8.42 Å². The average Bonchev–Trinajstić information content (AvgIpc) is 2.69. The van der Waals surface area contributed by atoms with E-state index in [1.165, 1.54) is 18.3 Å². The molecule has 1 N–H and O–H groups in total. The zero-order chi connectivity index (χ0) is 11.3. The third-order valence-corrected chi connectivity index (χ3v) is 4.26. The highest BCUT2D eigenvalue weighted by Crippen LogP contribution is 2.04. The molecule has 1 atom stereocenters. The SMILES string of the molecule is CC(C#N)S(=O)(=O)NCCc1nccs1. The molecule has 0 aliphatic carbocycles. The molecule has 0 saturated heterocycles. The van der Waals surface area contributed by atoms with Crippen LogP contribution in [0.3, 0.4) is 0 Å². The van der Waals surface area contributed by atoms with Crippen molar-refractivity contribution in [3.63, 3.8) is 0 Å². The fourth-order valence-corrected chi connectivity index (χ4v) is 2.27. The highest BCUT2D eigenvalue weighted by atomic mass is 32.2. The van der Waals surface area contributed by atoms with Gasteiger partial charge in [0.1, 0.15) is 0 Å². The monoisotopic (exact) mass is 245 g/mol. The van der Waals surface area contributed by atoms with E-state index in [-0.39, 0.29) is 6.54 Å². The van der Waals surface area contributed by atoms with E-state index in [2.05, 4.69) is 9.71 Å². The summed E-state index contributed by atoms with van der Waals surface area (Å²) in [6.45, 7) is 1.63. The molecule has 0 saturated carbocycles. The topological polar surface area (TPSA) is 82.8 Å². The fourth-order valence-electron chi connectivity index (χ4n) is 0.871. The van der Waals surface area contributed by atoms with Crippen LogP contribution in [0.5, 0.6) is 0 Å². The maximum atomic E-state index is 11.3. The summed E-state index contributed by atoms with van der Waals surface area (Å²) in [5.74, 6) is 0. The lowest BCUT2D eigenvalue weighted by Gasteiger charge is -2.06. The summed E-state index contributed by atoms with van der Waals surface area (Å²) in [4.78, 5) is 4.02. The molecule has 0 amide bonds. The minimum atomic E-state index is -3.50. The standard InChI is InChI=1S/C8H11N3O2S2/c1-7(6-9)15(12,13)11-3-2-8-10-4-5-14-8/h4-5,7,11H,2-3H2,1H3. The molecule has 7 heteroatoms. The number of aromatic nitrogens is 1. The van der Waals surface area contributed by atoms with Gasteiger partial charge in [-0.2, -0.15) is 5.26 Å². The Bertz CT molecular complexity index is 433. The molecule has 5 nitrogen and oxygen atoms in total. The van der Waals surface area contributed by atoms with Gasteiger partial charge in [-0.25, -0.2) is 18.1 Å². The maximum absolute atomic E-state index is 11.3. The summed E-state index contributed by atoms with van der Waals surface area (Å²) in [7, 11) is -3.50. The van der Waals surface area contributed by atoms with E-state index in [1.807, 2.05) is 5.38 Å². The molecule has 1 aromatic rings. The van der Waals surface area contributed by atoms with Crippen LogP contribution in [0.2, 0.25) is 0 Å². The Hall–Kier alpha value is -0.970. The van der Waals surface area contributed by atoms with Gasteiger partial charge < -0.3 is 0 Å². The first-order valence-corrected chi connectivity index (χ1v) is 6.75. The molecular weight excluding hydrogens is 234 g/mol. The van der Waals surface area contributed by atoms with Crippen LogP contribution < -0.4 is 4.72 Å². The molecule has 1 heterocycles. The number of nitrogens with one attached hydrogen (secondary N) is 1. The Labute approximate surface area is 92.8 Å². The maximum Gasteiger partial charge on any atom is 0.227 e. The molecule has 1 unspecified atom stereocenters. The van der Waals surface area contributed by atoms with Crippen LogP contribution >= 0.6 is 11.3 Å². The van der Waals surface area contributed by atoms with E-state index in [4.69, 9.17) is 5.26 Å². The summed E-state index contributed by atoms with van der Waals surface area (Å²) in [6, 6.07) is 1.69. The largest absolute Gasteiger partial charge is 0.250 e. The van der Waals surface area contributed by atoms with Crippen LogP contribution in [0.25, 0.3) is 0 Å². The van der Waals surface area contributed by atoms with E-state index in [1.54, 1.807) is 12.3 Å². The normalized spacial score (nSPS) is 13.3. The quantitative estimate of drug-likeness (QED) is 0.819. The molecule has 0 aliphatic rings. The number of nitrogens with zero attached hydrogens (tertiary/aromatic N) is 2. The lowest BCUT2D eigenvalue weighted by molar-refractivity contribution is 0.577.